The van der Waals surface area contributed by atoms with E-state index in [-0.39, 0.29) is 11.7 Å². The fraction of sp³-hybridized carbons (Fsp3) is 0.462. The molecule has 0 aromatic heterocycles. The highest BCUT2D eigenvalue weighted by Crippen LogP contribution is 2.18. The predicted octanol–water partition coefficient (Wildman–Crippen LogP) is 2.61. The molecule has 0 saturated carbocycles. The minimum absolute atomic E-state index is 0.0546. The number of hydrogen-bond donors (Lipinski definition) is 2. The van der Waals surface area contributed by atoms with Crippen molar-refractivity contribution in [2.24, 2.45) is 0 Å². The lowest BCUT2D eigenvalue weighted by Gasteiger charge is -2.24. The number of anilines is 1. The maximum atomic E-state index is 12.0. The maximum absolute atomic E-state index is 12.0. The Morgan fingerprint density at radius 1 is 1.32 bits per heavy atom. The van der Waals surface area contributed by atoms with E-state index in [1.807, 2.05) is 6.92 Å². The Labute approximate surface area is 111 Å². The topological polar surface area (TPSA) is 50.4 Å². The molecule has 1 rings (SSSR count). The highest BCUT2D eigenvalue weighted by Gasteiger charge is 2.26. The van der Waals surface area contributed by atoms with E-state index in [4.69, 9.17) is 0 Å². The number of carbonyl (C=O) groups excluding carboxylic acids is 1. The smallest absolute Gasteiger partial charge is 0.387 e. The zero-order valence-corrected chi connectivity index (χ0v) is 11.2. The van der Waals surface area contributed by atoms with E-state index < -0.39 is 12.2 Å². The first-order valence-corrected chi connectivity index (χ1v) is 5.96. The zero-order valence-electron chi connectivity index (χ0n) is 11.2. The molecule has 0 atom stereocenters. The van der Waals surface area contributed by atoms with Crippen molar-refractivity contribution in [3.05, 3.63) is 24.3 Å². The average Bonchev–Trinajstić information content (AvgIpc) is 2.30. The molecule has 0 bridgehead atoms. The minimum atomic E-state index is -2.85. The molecule has 0 fully saturated rings. The third-order valence-electron chi connectivity index (χ3n) is 2.52. The molecule has 0 heterocycles. The van der Waals surface area contributed by atoms with Crippen LogP contribution in [0.1, 0.15) is 20.8 Å². The Balaban J connectivity index is 2.65. The van der Waals surface area contributed by atoms with Gasteiger partial charge in [0.15, 0.2) is 0 Å². The van der Waals surface area contributed by atoms with Gasteiger partial charge in [-0.2, -0.15) is 8.78 Å². The van der Waals surface area contributed by atoms with Crippen LogP contribution in [0.4, 0.5) is 14.5 Å². The molecule has 0 aliphatic heterocycles. The molecule has 106 valence electrons. The Kier molecular flexibility index (Phi) is 5.23. The first-order valence-electron chi connectivity index (χ1n) is 5.96. The lowest BCUT2D eigenvalue weighted by atomic mass is 10.0. The van der Waals surface area contributed by atoms with Gasteiger partial charge in [0, 0.05) is 5.69 Å². The Morgan fingerprint density at radius 3 is 2.37 bits per heavy atom. The van der Waals surface area contributed by atoms with Crippen LogP contribution < -0.4 is 15.4 Å². The molecule has 0 saturated heterocycles. The molecule has 0 spiro atoms. The van der Waals surface area contributed by atoms with E-state index in [1.165, 1.54) is 24.3 Å². The molecule has 1 aromatic rings. The number of likely N-dealkylation sites (N-methyl/N-ethyl adjacent to an activating group) is 1. The van der Waals surface area contributed by atoms with Crippen LogP contribution in [0.15, 0.2) is 24.3 Å². The highest BCUT2D eigenvalue weighted by molar-refractivity contribution is 5.97. The van der Waals surface area contributed by atoms with Gasteiger partial charge in [-0.25, -0.2) is 0 Å². The van der Waals surface area contributed by atoms with Crippen LogP contribution in [0.3, 0.4) is 0 Å². The van der Waals surface area contributed by atoms with Gasteiger partial charge in [-0.1, -0.05) is 6.92 Å². The van der Waals surface area contributed by atoms with Gasteiger partial charge < -0.3 is 15.4 Å². The van der Waals surface area contributed by atoms with Crippen molar-refractivity contribution in [3.63, 3.8) is 0 Å². The monoisotopic (exact) mass is 272 g/mol. The van der Waals surface area contributed by atoms with Gasteiger partial charge in [0.25, 0.3) is 0 Å². The molecular weight excluding hydrogens is 254 g/mol. The number of ether oxygens (including phenoxy) is 1. The highest BCUT2D eigenvalue weighted by atomic mass is 19.3. The van der Waals surface area contributed by atoms with Gasteiger partial charge in [-0.05, 0) is 44.7 Å². The van der Waals surface area contributed by atoms with Gasteiger partial charge in [-0.3, -0.25) is 4.79 Å². The van der Waals surface area contributed by atoms with E-state index in [1.54, 1.807) is 13.8 Å². The number of hydrogen-bond acceptors (Lipinski definition) is 3. The lowest BCUT2D eigenvalue weighted by Crippen LogP contribution is -2.49. The molecule has 4 nitrogen and oxygen atoms in total. The minimum Gasteiger partial charge on any atom is -0.435 e. The summed E-state index contributed by atoms with van der Waals surface area (Å²) in [4.78, 5) is 12.0. The number of rotatable bonds is 6. The lowest BCUT2D eigenvalue weighted by molar-refractivity contribution is -0.121. The number of benzene rings is 1. The number of nitrogens with one attached hydrogen (secondary N) is 2. The van der Waals surface area contributed by atoms with Crippen molar-refractivity contribution in [1.82, 2.24) is 5.32 Å². The molecular formula is C13H18F2N2O2. The zero-order chi connectivity index (χ0) is 14.5. The van der Waals surface area contributed by atoms with Crippen molar-refractivity contribution >= 4 is 11.6 Å². The van der Waals surface area contributed by atoms with Crippen LogP contribution in [0.2, 0.25) is 0 Å². The van der Waals surface area contributed by atoms with Crippen molar-refractivity contribution in [2.45, 2.75) is 32.9 Å². The molecule has 0 unspecified atom stereocenters. The van der Waals surface area contributed by atoms with Gasteiger partial charge >= 0.3 is 6.61 Å². The summed E-state index contributed by atoms with van der Waals surface area (Å²) in [6, 6.07) is 5.78. The van der Waals surface area contributed by atoms with Gasteiger partial charge in [0.05, 0.1) is 5.54 Å². The third-order valence-corrected chi connectivity index (χ3v) is 2.52. The van der Waals surface area contributed by atoms with E-state index in [2.05, 4.69) is 15.4 Å². The first-order chi connectivity index (χ1) is 8.85. The van der Waals surface area contributed by atoms with Crippen LogP contribution in [-0.4, -0.2) is 24.6 Å². The normalized spacial score (nSPS) is 11.5. The van der Waals surface area contributed by atoms with E-state index in [0.717, 1.165) is 0 Å². The van der Waals surface area contributed by atoms with Crippen molar-refractivity contribution in [1.29, 1.82) is 0 Å². The van der Waals surface area contributed by atoms with Crippen LogP contribution in [0, 0.1) is 0 Å². The summed E-state index contributed by atoms with van der Waals surface area (Å²) in [6.07, 6.45) is 0. The summed E-state index contributed by atoms with van der Waals surface area (Å²) in [7, 11) is 0. The molecule has 19 heavy (non-hydrogen) atoms. The molecule has 2 N–H and O–H groups in total. The summed E-state index contributed by atoms with van der Waals surface area (Å²) in [5, 5.41) is 5.75. The molecule has 6 heteroatoms. The summed E-state index contributed by atoms with van der Waals surface area (Å²) >= 11 is 0. The average molecular weight is 272 g/mol. The second-order valence-electron chi connectivity index (χ2n) is 4.51. The second-order valence-corrected chi connectivity index (χ2v) is 4.51. The quantitative estimate of drug-likeness (QED) is 0.837. The molecule has 0 radical (unpaired) electrons. The number of alkyl halides is 2. The number of amides is 1. The van der Waals surface area contributed by atoms with Crippen molar-refractivity contribution in [3.8, 4) is 5.75 Å². The van der Waals surface area contributed by atoms with Crippen LogP contribution in [-0.2, 0) is 4.79 Å². The second kappa shape index (κ2) is 6.47. The molecule has 1 amide bonds. The number of carbonyl (C=O) groups is 1. The van der Waals surface area contributed by atoms with E-state index in [0.29, 0.717) is 12.2 Å². The molecule has 0 aliphatic rings. The third kappa shape index (κ3) is 4.82. The maximum Gasteiger partial charge on any atom is 0.387 e. The molecule has 0 aliphatic carbocycles. The number of halogens is 2. The summed E-state index contributed by atoms with van der Waals surface area (Å²) in [6.45, 7) is 3.25. The van der Waals surface area contributed by atoms with Gasteiger partial charge in [-0.15, -0.1) is 0 Å². The van der Waals surface area contributed by atoms with Crippen molar-refractivity contribution < 1.29 is 18.3 Å². The van der Waals surface area contributed by atoms with Gasteiger partial charge in [0.1, 0.15) is 5.75 Å². The fourth-order valence-electron chi connectivity index (χ4n) is 1.53. The van der Waals surface area contributed by atoms with Crippen molar-refractivity contribution in [2.75, 3.05) is 11.9 Å². The van der Waals surface area contributed by atoms with E-state index in [9.17, 15) is 13.6 Å². The summed E-state index contributed by atoms with van der Waals surface area (Å²) < 4.78 is 28.2. The molecule has 1 aromatic carbocycles. The van der Waals surface area contributed by atoms with E-state index >= 15 is 0 Å². The summed E-state index contributed by atoms with van der Waals surface area (Å²) in [5.74, 6) is -0.143. The SMILES string of the molecule is CCNC(C)(C)C(=O)Nc1ccc(OC(F)F)cc1. The Bertz CT molecular complexity index is 419. The van der Waals surface area contributed by atoms with Gasteiger partial charge in [0.2, 0.25) is 5.91 Å². The van der Waals surface area contributed by atoms with Crippen LogP contribution in [0.5, 0.6) is 5.75 Å². The largest absolute Gasteiger partial charge is 0.435 e. The fourth-order valence-corrected chi connectivity index (χ4v) is 1.53. The Hall–Kier alpha value is -1.69. The van der Waals surface area contributed by atoms with Crippen LogP contribution >= 0.6 is 0 Å². The predicted molar refractivity (Wildman–Crippen MR) is 69.5 cm³/mol. The Morgan fingerprint density at radius 2 is 1.89 bits per heavy atom. The first kappa shape index (κ1) is 15.4. The van der Waals surface area contributed by atoms with Crippen LogP contribution in [0.25, 0.3) is 0 Å². The standard InChI is InChI=1S/C13H18F2N2O2/c1-4-16-13(2,3)11(18)17-9-5-7-10(8-6-9)19-12(14)15/h5-8,12,16H,4H2,1-3H3,(H,17,18). The summed E-state index contributed by atoms with van der Waals surface area (Å²) in [5.41, 5.74) is -0.176.